The first-order valence-electron chi connectivity index (χ1n) is 5.92. The Labute approximate surface area is 119 Å². The molecule has 1 aliphatic heterocycles. The van der Waals surface area contributed by atoms with Gasteiger partial charge in [0.1, 0.15) is 5.75 Å². The van der Waals surface area contributed by atoms with Crippen LogP contribution in [-0.2, 0) is 0 Å². The summed E-state index contributed by atoms with van der Waals surface area (Å²) >= 11 is 3.41. The van der Waals surface area contributed by atoms with E-state index < -0.39 is 0 Å². The minimum Gasteiger partial charge on any atom is -0.507 e. The van der Waals surface area contributed by atoms with Crippen LogP contribution in [0.3, 0.4) is 0 Å². The van der Waals surface area contributed by atoms with Crippen molar-refractivity contribution in [3.63, 3.8) is 0 Å². The highest BCUT2D eigenvalue weighted by atomic mass is 79.9. The van der Waals surface area contributed by atoms with Crippen LogP contribution < -0.4 is 15.8 Å². The molecule has 0 saturated carbocycles. The second-order valence-electron chi connectivity index (χ2n) is 4.33. The van der Waals surface area contributed by atoms with Gasteiger partial charge in [0.05, 0.1) is 11.7 Å². The van der Waals surface area contributed by atoms with Crippen LogP contribution in [0.25, 0.3) is 5.70 Å². The molecule has 1 aromatic heterocycles. The molecule has 96 valence electrons. The van der Waals surface area contributed by atoms with Crippen molar-refractivity contribution in [1.82, 2.24) is 10.9 Å². The largest absolute Gasteiger partial charge is 0.507 e. The molecule has 0 radical (unpaired) electrons. The molecule has 0 bridgehead atoms. The Kier molecular flexibility index (Phi) is 3.23. The number of halogens is 1. The molecule has 0 aliphatic carbocycles. The van der Waals surface area contributed by atoms with E-state index in [9.17, 15) is 5.11 Å². The van der Waals surface area contributed by atoms with Crippen LogP contribution >= 0.6 is 15.9 Å². The number of phenols is 1. The Morgan fingerprint density at radius 2 is 2.16 bits per heavy atom. The molecule has 0 fully saturated rings. The summed E-state index contributed by atoms with van der Waals surface area (Å²) < 4.78 is 0.930. The number of rotatable bonds is 2. The highest BCUT2D eigenvalue weighted by molar-refractivity contribution is 9.10. The number of aromatic amines is 1. The van der Waals surface area contributed by atoms with E-state index in [1.807, 2.05) is 42.7 Å². The second-order valence-corrected chi connectivity index (χ2v) is 5.24. The molecule has 3 rings (SSSR count). The Morgan fingerprint density at radius 1 is 1.26 bits per heavy atom. The maximum absolute atomic E-state index is 9.92. The standard InChI is InChI=1S/C14H12BrN3O/c15-10-3-4-14(19)11(6-10)13-7-12(17-18-13)9-2-1-5-16-8-9/h1-8,12,17-19H/p+1. The minimum atomic E-state index is 0.0748. The SMILES string of the molecule is Oc1ccc(Br)cc1C1=CC(c2ccc[nH+]c2)NN1. The van der Waals surface area contributed by atoms with Crippen LogP contribution in [0.15, 0.2) is 53.3 Å². The Bertz CT molecular complexity index is 628. The van der Waals surface area contributed by atoms with Gasteiger partial charge in [-0.3, -0.25) is 0 Å². The average molecular weight is 319 g/mol. The van der Waals surface area contributed by atoms with Crippen molar-refractivity contribution >= 4 is 21.6 Å². The van der Waals surface area contributed by atoms with Gasteiger partial charge in [-0.1, -0.05) is 15.9 Å². The highest BCUT2D eigenvalue weighted by Crippen LogP contribution is 2.30. The van der Waals surface area contributed by atoms with Crippen LogP contribution in [0.5, 0.6) is 5.75 Å². The van der Waals surface area contributed by atoms with E-state index in [-0.39, 0.29) is 11.8 Å². The predicted molar refractivity (Wildman–Crippen MR) is 75.8 cm³/mol. The molecule has 0 saturated heterocycles. The van der Waals surface area contributed by atoms with Crippen molar-refractivity contribution in [2.24, 2.45) is 0 Å². The summed E-state index contributed by atoms with van der Waals surface area (Å²) in [6.45, 7) is 0. The summed E-state index contributed by atoms with van der Waals surface area (Å²) in [6, 6.07) is 9.44. The van der Waals surface area contributed by atoms with Crippen molar-refractivity contribution < 1.29 is 10.1 Å². The van der Waals surface area contributed by atoms with Crippen molar-refractivity contribution in [2.75, 3.05) is 0 Å². The molecule has 2 heterocycles. The lowest BCUT2D eigenvalue weighted by Crippen LogP contribution is -2.26. The first-order valence-corrected chi connectivity index (χ1v) is 6.71. The fourth-order valence-corrected chi connectivity index (χ4v) is 2.43. The summed E-state index contributed by atoms with van der Waals surface area (Å²) in [4.78, 5) is 3.06. The topological polar surface area (TPSA) is 58.4 Å². The molecule has 5 heteroatoms. The van der Waals surface area contributed by atoms with Crippen molar-refractivity contribution in [3.8, 4) is 5.75 Å². The van der Waals surface area contributed by atoms with E-state index in [0.717, 1.165) is 21.3 Å². The first kappa shape index (κ1) is 12.2. The summed E-state index contributed by atoms with van der Waals surface area (Å²) in [6.07, 6.45) is 5.86. The van der Waals surface area contributed by atoms with Gasteiger partial charge in [0.2, 0.25) is 0 Å². The van der Waals surface area contributed by atoms with Gasteiger partial charge in [-0.2, -0.15) is 0 Å². The fraction of sp³-hybridized carbons (Fsp3) is 0.0714. The zero-order chi connectivity index (χ0) is 13.2. The lowest BCUT2D eigenvalue weighted by molar-refractivity contribution is -0.378. The van der Waals surface area contributed by atoms with Crippen LogP contribution in [-0.4, -0.2) is 5.11 Å². The molecule has 2 aromatic rings. The van der Waals surface area contributed by atoms with Gasteiger partial charge in [-0.05, 0) is 30.3 Å². The van der Waals surface area contributed by atoms with Crippen LogP contribution in [0.1, 0.15) is 17.2 Å². The number of aromatic nitrogens is 1. The molecule has 1 atom stereocenters. The maximum Gasteiger partial charge on any atom is 0.172 e. The van der Waals surface area contributed by atoms with E-state index in [0.29, 0.717) is 0 Å². The first-order chi connectivity index (χ1) is 9.24. The number of phenolic OH excluding ortho intramolecular Hbond substituents is 1. The molecular weight excluding hydrogens is 306 g/mol. The third kappa shape index (κ3) is 2.47. The number of H-pyrrole nitrogens is 1. The summed E-state index contributed by atoms with van der Waals surface area (Å²) in [7, 11) is 0. The van der Waals surface area contributed by atoms with Gasteiger partial charge >= 0.3 is 0 Å². The fourth-order valence-electron chi connectivity index (χ4n) is 2.07. The Morgan fingerprint density at radius 3 is 2.95 bits per heavy atom. The van der Waals surface area contributed by atoms with E-state index >= 15 is 0 Å². The molecule has 1 aromatic carbocycles. The summed E-state index contributed by atoms with van der Waals surface area (Å²) in [5.74, 6) is 0.254. The lowest BCUT2D eigenvalue weighted by atomic mass is 10.1. The van der Waals surface area contributed by atoms with Crippen LogP contribution in [0, 0.1) is 0 Å². The van der Waals surface area contributed by atoms with Crippen LogP contribution in [0.4, 0.5) is 0 Å². The molecule has 4 nitrogen and oxygen atoms in total. The van der Waals surface area contributed by atoms with E-state index in [1.54, 1.807) is 6.07 Å². The third-order valence-electron chi connectivity index (χ3n) is 3.03. The van der Waals surface area contributed by atoms with E-state index in [1.165, 1.54) is 0 Å². The van der Waals surface area contributed by atoms with Crippen LogP contribution in [0.2, 0.25) is 0 Å². The molecule has 4 N–H and O–H groups in total. The van der Waals surface area contributed by atoms with Gasteiger partial charge < -0.3 is 10.5 Å². The number of hydrazine groups is 1. The van der Waals surface area contributed by atoms with Gasteiger partial charge in [0.25, 0.3) is 0 Å². The molecule has 1 aliphatic rings. The maximum atomic E-state index is 9.92. The average Bonchev–Trinajstić information content (AvgIpc) is 2.92. The molecule has 1 unspecified atom stereocenters. The molecule has 19 heavy (non-hydrogen) atoms. The molecule has 0 amide bonds. The number of hydrogen-bond donors (Lipinski definition) is 3. The summed E-state index contributed by atoms with van der Waals surface area (Å²) in [5.41, 5.74) is 9.05. The van der Waals surface area contributed by atoms with Gasteiger partial charge in [-0.25, -0.2) is 10.4 Å². The van der Waals surface area contributed by atoms with E-state index in [2.05, 4.69) is 31.8 Å². The Hall–Kier alpha value is -1.85. The number of aromatic hydroxyl groups is 1. The lowest BCUT2D eigenvalue weighted by Gasteiger charge is -2.08. The smallest absolute Gasteiger partial charge is 0.172 e. The van der Waals surface area contributed by atoms with Crippen molar-refractivity contribution in [2.45, 2.75) is 6.04 Å². The van der Waals surface area contributed by atoms with Gasteiger partial charge in [-0.15, -0.1) is 0 Å². The van der Waals surface area contributed by atoms with E-state index in [4.69, 9.17) is 0 Å². The Balaban J connectivity index is 1.93. The quantitative estimate of drug-likeness (QED) is 0.795. The summed E-state index contributed by atoms with van der Waals surface area (Å²) in [5, 5.41) is 9.92. The monoisotopic (exact) mass is 318 g/mol. The minimum absolute atomic E-state index is 0.0748. The number of hydrogen-bond acceptors (Lipinski definition) is 3. The van der Waals surface area contributed by atoms with Crippen molar-refractivity contribution in [3.05, 3.63) is 64.4 Å². The predicted octanol–water partition coefficient (Wildman–Crippen LogP) is 2.16. The third-order valence-corrected chi connectivity index (χ3v) is 3.53. The number of benzene rings is 1. The van der Waals surface area contributed by atoms with Crippen molar-refractivity contribution in [1.29, 1.82) is 0 Å². The molecular formula is C14H13BrN3O+. The normalized spacial score (nSPS) is 17.9. The second kappa shape index (κ2) is 5.03. The zero-order valence-corrected chi connectivity index (χ0v) is 11.6. The number of pyridine rings is 1. The number of nitrogens with one attached hydrogen (secondary N) is 3. The zero-order valence-electron chi connectivity index (χ0n) is 10.0. The van der Waals surface area contributed by atoms with Gasteiger partial charge in [0.15, 0.2) is 12.4 Å². The van der Waals surface area contributed by atoms with Gasteiger partial charge in [0, 0.05) is 21.7 Å². The highest BCUT2D eigenvalue weighted by Gasteiger charge is 2.20. The molecule has 0 spiro atoms.